The van der Waals surface area contributed by atoms with E-state index in [1.54, 1.807) is 12.1 Å². The Morgan fingerprint density at radius 3 is 1.46 bits per heavy atom. The lowest BCUT2D eigenvalue weighted by Crippen LogP contribution is -2.19. The van der Waals surface area contributed by atoms with Crippen molar-refractivity contribution in [1.29, 1.82) is 0 Å². The highest BCUT2D eigenvalue weighted by atomic mass is 16.3. The molecule has 0 radical (unpaired) electrons. The summed E-state index contributed by atoms with van der Waals surface area (Å²) in [5.41, 5.74) is 1.29. The van der Waals surface area contributed by atoms with Crippen LogP contribution in [0.1, 0.15) is 88.2 Å². The van der Waals surface area contributed by atoms with Crippen molar-refractivity contribution >= 4 is 11.6 Å². The second-order valence-corrected chi connectivity index (χ2v) is 8.75. The van der Waals surface area contributed by atoms with Crippen LogP contribution in [0.2, 0.25) is 0 Å². The zero-order chi connectivity index (χ0) is 19.9. The second-order valence-electron chi connectivity index (χ2n) is 8.75. The zero-order valence-corrected chi connectivity index (χ0v) is 16.9. The maximum absolute atomic E-state index is 12.4. The Morgan fingerprint density at radius 2 is 1.04 bits per heavy atom. The SMILES string of the molecule is O=C1CCCCCC[C@@H]1Cc1cc(O)c(C[C@H]2CCCCCCC2=O)cc1O. The fourth-order valence-corrected chi connectivity index (χ4v) is 4.77. The van der Waals surface area contributed by atoms with E-state index in [-0.39, 0.29) is 34.9 Å². The molecule has 0 spiro atoms. The van der Waals surface area contributed by atoms with Gasteiger partial charge < -0.3 is 10.2 Å². The maximum atomic E-state index is 12.4. The van der Waals surface area contributed by atoms with Crippen LogP contribution < -0.4 is 0 Å². The summed E-state index contributed by atoms with van der Waals surface area (Å²) in [4.78, 5) is 24.8. The van der Waals surface area contributed by atoms with Gasteiger partial charge in [0, 0.05) is 24.7 Å². The molecule has 4 heteroatoms. The standard InChI is InChI=1S/C24H34O4/c25-21-11-7-3-1-5-9-17(21)13-19-15-24(28)20(16-23(19)27)14-18-10-6-2-4-8-12-22(18)26/h15-18,27-28H,1-14H2/t17-,18-/m1/s1. The summed E-state index contributed by atoms with van der Waals surface area (Å²) >= 11 is 0. The van der Waals surface area contributed by atoms with Crippen molar-refractivity contribution in [1.82, 2.24) is 0 Å². The van der Waals surface area contributed by atoms with Gasteiger partial charge in [-0.15, -0.1) is 0 Å². The molecule has 1 aromatic carbocycles. The fraction of sp³-hybridized carbons (Fsp3) is 0.667. The number of carbonyl (C=O) groups excluding carboxylic acids is 2. The maximum Gasteiger partial charge on any atom is 0.136 e. The Kier molecular flexibility index (Phi) is 7.52. The summed E-state index contributed by atoms with van der Waals surface area (Å²) in [7, 11) is 0. The average Bonchev–Trinajstić information content (AvgIpc) is 2.64. The Morgan fingerprint density at radius 1 is 0.643 bits per heavy atom. The van der Waals surface area contributed by atoms with Crippen LogP contribution in [0.15, 0.2) is 12.1 Å². The smallest absolute Gasteiger partial charge is 0.136 e. The van der Waals surface area contributed by atoms with Crippen molar-refractivity contribution in [3.8, 4) is 11.5 Å². The van der Waals surface area contributed by atoms with Gasteiger partial charge in [0.2, 0.25) is 0 Å². The molecule has 1 aromatic rings. The molecule has 0 bridgehead atoms. The number of Topliss-reactive ketones (excluding diaryl/α,β-unsaturated/α-hetero) is 2. The van der Waals surface area contributed by atoms with Gasteiger partial charge in [0.25, 0.3) is 0 Å². The Bertz CT molecular complexity index is 634. The molecule has 2 aliphatic carbocycles. The summed E-state index contributed by atoms with van der Waals surface area (Å²) in [5.74, 6) is 0.708. The van der Waals surface area contributed by atoms with Gasteiger partial charge in [0.15, 0.2) is 0 Å². The number of hydrogen-bond donors (Lipinski definition) is 2. The third kappa shape index (κ3) is 5.59. The zero-order valence-electron chi connectivity index (χ0n) is 16.9. The molecular formula is C24H34O4. The lowest BCUT2D eigenvalue weighted by Gasteiger charge is -2.21. The van der Waals surface area contributed by atoms with E-state index >= 15 is 0 Å². The first-order chi connectivity index (χ1) is 13.5. The van der Waals surface area contributed by atoms with Crippen molar-refractivity contribution in [3.63, 3.8) is 0 Å². The van der Waals surface area contributed by atoms with E-state index in [0.29, 0.717) is 36.8 Å². The van der Waals surface area contributed by atoms with Gasteiger partial charge in [-0.3, -0.25) is 9.59 Å². The summed E-state index contributed by atoms with van der Waals surface area (Å²) in [6, 6.07) is 3.23. The number of carbonyl (C=O) groups is 2. The van der Waals surface area contributed by atoms with Gasteiger partial charge in [-0.2, -0.15) is 0 Å². The highest BCUT2D eigenvalue weighted by Gasteiger charge is 2.24. The van der Waals surface area contributed by atoms with E-state index in [1.807, 2.05) is 0 Å². The minimum Gasteiger partial charge on any atom is -0.508 e. The first kappa shape index (κ1) is 20.9. The molecule has 2 atom stereocenters. The summed E-state index contributed by atoms with van der Waals surface area (Å²) in [6.07, 6.45) is 12.5. The predicted molar refractivity (Wildman–Crippen MR) is 110 cm³/mol. The van der Waals surface area contributed by atoms with Crippen LogP contribution in [0.4, 0.5) is 0 Å². The molecule has 0 heterocycles. The third-order valence-electron chi connectivity index (χ3n) is 6.57. The predicted octanol–water partition coefficient (Wildman–Crippen LogP) is 5.26. The van der Waals surface area contributed by atoms with E-state index in [1.165, 1.54) is 0 Å². The second kappa shape index (κ2) is 10.1. The van der Waals surface area contributed by atoms with E-state index in [0.717, 1.165) is 64.2 Å². The van der Waals surface area contributed by atoms with Crippen LogP contribution in [0.5, 0.6) is 11.5 Å². The highest BCUT2D eigenvalue weighted by Crippen LogP contribution is 2.34. The largest absolute Gasteiger partial charge is 0.508 e. The molecule has 2 fully saturated rings. The van der Waals surface area contributed by atoms with Crippen molar-refractivity contribution in [2.45, 2.75) is 89.9 Å². The van der Waals surface area contributed by atoms with Gasteiger partial charge in [-0.1, -0.05) is 38.5 Å². The lowest BCUT2D eigenvalue weighted by molar-refractivity contribution is -0.124. The quantitative estimate of drug-likeness (QED) is 0.692. The van der Waals surface area contributed by atoms with Gasteiger partial charge in [0.1, 0.15) is 23.1 Å². The highest BCUT2D eigenvalue weighted by molar-refractivity contribution is 5.82. The number of phenols is 2. The van der Waals surface area contributed by atoms with Crippen molar-refractivity contribution in [2.24, 2.45) is 11.8 Å². The number of rotatable bonds is 4. The van der Waals surface area contributed by atoms with Crippen molar-refractivity contribution in [2.75, 3.05) is 0 Å². The van der Waals surface area contributed by atoms with Gasteiger partial charge >= 0.3 is 0 Å². The normalized spacial score (nSPS) is 24.9. The van der Waals surface area contributed by atoms with E-state index in [9.17, 15) is 19.8 Å². The van der Waals surface area contributed by atoms with Gasteiger partial charge in [-0.25, -0.2) is 0 Å². The van der Waals surface area contributed by atoms with Crippen LogP contribution >= 0.6 is 0 Å². The summed E-state index contributed by atoms with van der Waals surface area (Å²) < 4.78 is 0. The topological polar surface area (TPSA) is 74.6 Å². The fourth-order valence-electron chi connectivity index (χ4n) is 4.77. The molecule has 0 amide bonds. The molecule has 2 saturated carbocycles. The molecule has 4 nitrogen and oxygen atoms in total. The van der Waals surface area contributed by atoms with Crippen LogP contribution in [-0.2, 0) is 22.4 Å². The summed E-state index contributed by atoms with van der Waals surface area (Å²) in [6.45, 7) is 0. The first-order valence-corrected chi connectivity index (χ1v) is 11.1. The average molecular weight is 387 g/mol. The Balaban J connectivity index is 1.71. The van der Waals surface area contributed by atoms with Gasteiger partial charge in [-0.05, 0) is 61.8 Å². The molecule has 154 valence electrons. The van der Waals surface area contributed by atoms with Crippen molar-refractivity contribution in [3.05, 3.63) is 23.3 Å². The number of aromatic hydroxyl groups is 2. The number of phenolic OH excluding ortho intramolecular Hbond substituents is 2. The minimum atomic E-state index is -0.0661. The Labute approximate surface area is 168 Å². The van der Waals surface area contributed by atoms with Crippen LogP contribution in [0, 0.1) is 11.8 Å². The molecule has 0 aliphatic heterocycles. The minimum absolute atomic E-state index is 0.0661. The molecular weight excluding hydrogens is 352 g/mol. The molecule has 28 heavy (non-hydrogen) atoms. The van der Waals surface area contributed by atoms with E-state index in [4.69, 9.17) is 0 Å². The molecule has 0 saturated heterocycles. The monoisotopic (exact) mass is 386 g/mol. The lowest BCUT2D eigenvalue weighted by atomic mass is 9.83. The number of benzene rings is 1. The molecule has 0 aromatic heterocycles. The molecule has 2 N–H and O–H groups in total. The van der Waals surface area contributed by atoms with Gasteiger partial charge in [0.05, 0.1) is 0 Å². The van der Waals surface area contributed by atoms with Crippen LogP contribution in [0.3, 0.4) is 0 Å². The van der Waals surface area contributed by atoms with Crippen molar-refractivity contribution < 1.29 is 19.8 Å². The molecule has 2 aliphatic rings. The molecule has 3 rings (SSSR count). The van der Waals surface area contributed by atoms with Crippen LogP contribution in [0.25, 0.3) is 0 Å². The van der Waals surface area contributed by atoms with Crippen LogP contribution in [-0.4, -0.2) is 21.8 Å². The molecule has 0 unspecified atom stereocenters. The number of hydrogen-bond acceptors (Lipinski definition) is 4. The van der Waals surface area contributed by atoms with E-state index < -0.39 is 0 Å². The Hall–Kier alpha value is -1.84. The first-order valence-electron chi connectivity index (χ1n) is 11.1. The van der Waals surface area contributed by atoms with E-state index in [2.05, 4.69) is 0 Å². The summed E-state index contributed by atoms with van der Waals surface area (Å²) in [5, 5.41) is 21.1. The third-order valence-corrected chi connectivity index (χ3v) is 6.57. The number of ketones is 2.